The minimum Gasteiger partial charge on any atom is -0.332 e. The maximum atomic E-state index is 12.2. The summed E-state index contributed by atoms with van der Waals surface area (Å²) in [6, 6.07) is 26.6. The summed E-state index contributed by atoms with van der Waals surface area (Å²) in [5.74, 6) is -0.251. The molecular formula is C24H23N3O2S. The van der Waals surface area contributed by atoms with Crippen LogP contribution < -0.4 is 16.0 Å². The van der Waals surface area contributed by atoms with Crippen molar-refractivity contribution < 1.29 is 9.59 Å². The molecule has 0 saturated heterocycles. The van der Waals surface area contributed by atoms with Crippen molar-refractivity contribution in [2.75, 3.05) is 10.6 Å². The lowest BCUT2D eigenvalue weighted by atomic mass is 10.1. The summed E-state index contributed by atoms with van der Waals surface area (Å²) in [5, 5.41) is 8.75. The van der Waals surface area contributed by atoms with Crippen molar-refractivity contribution in [3.8, 4) is 0 Å². The lowest BCUT2D eigenvalue weighted by Crippen LogP contribution is -2.35. The Hall–Kier alpha value is -3.51. The van der Waals surface area contributed by atoms with Crippen LogP contribution in [0.25, 0.3) is 0 Å². The number of thiocarbonyl (C=S) groups is 1. The average Bonchev–Trinajstić information content (AvgIpc) is 2.74. The van der Waals surface area contributed by atoms with Gasteiger partial charge in [0.25, 0.3) is 0 Å². The molecule has 2 amide bonds. The first-order valence-electron chi connectivity index (χ1n) is 9.67. The summed E-state index contributed by atoms with van der Waals surface area (Å²) >= 11 is 5.22. The van der Waals surface area contributed by atoms with Crippen LogP contribution in [-0.2, 0) is 22.4 Å². The maximum absolute atomic E-state index is 12.2. The van der Waals surface area contributed by atoms with Crippen molar-refractivity contribution in [2.24, 2.45) is 0 Å². The fourth-order valence-corrected chi connectivity index (χ4v) is 3.15. The van der Waals surface area contributed by atoms with Crippen LogP contribution in [0.3, 0.4) is 0 Å². The normalized spacial score (nSPS) is 10.1. The Kier molecular flexibility index (Phi) is 7.69. The second kappa shape index (κ2) is 10.9. The SMILES string of the molecule is O=C(Cc1ccccc1)NC(=S)Nc1cccc(NC(=O)CCc2ccccc2)c1. The fraction of sp³-hybridized carbons (Fsp3) is 0.125. The number of amides is 2. The van der Waals surface area contributed by atoms with Crippen LogP contribution in [0.4, 0.5) is 11.4 Å². The number of carbonyl (C=O) groups excluding carboxylic acids is 2. The Balaban J connectivity index is 1.47. The van der Waals surface area contributed by atoms with E-state index in [1.54, 1.807) is 6.07 Å². The first-order chi connectivity index (χ1) is 14.6. The molecule has 152 valence electrons. The molecule has 0 radical (unpaired) electrons. The van der Waals surface area contributed by atoms with Gasteiger partial charge in [0.2, 0.25) is 11.8 Å². The van der Waals surface area contributed by atoms with E-state index in [-0.39, 0.29) is 23.3 Å². The summed E-state index contributed by atoms with van der Waals surface area (Å²) in [4.78, 5) is 24.3. The zero-order valence-electron chi connectivity index (χ0n) is 16.4. The zero-order valence-corrected chi connectivity index (χ0v) is 17.2. The van der Waals surface area contributed by atoms with Gasteiger partial charge in [-0.15, -0.1) is 0 Å². The molecule has 30 heavy (non-hydrogen) atoms. The van der Waals surface area contributed by atoms with Crippen molar-refractivity contribution in [2.45, 2.75) is 19.3 Å². The monoisotopic (exact) mass is 417 g/mol. The van der Waals surface area contributed by atoms with Gasteiger partial charge in [0.15, 0.2) is 5.11 Å². The number of aryl methyl sites for hydroxylation is 1. The topological polar surface area (TPSA) is 70.2 Å². The van der Waals surface area contributed by atoms with Gasteiger partial charge in [-0.05, 0) is 48.0 Å². The van der Waals surface area contributed by atoms with E-state index in [9.17, 15) is 9.59 Å². The van der Waals surface area contributed by atoms with Gasteiger partial charge < -0.3 is 16.0 Å². The largest absolute Gasteiger partial charge is 0.332 e. The predicted octanol–water partition coefficient (Wildman–Crippen LogP) is 4.31. The van der Waals surface area contributed by atoms with Crippen LogP contribution in [0.2, 0.25) is 0 Å². The molecular weight excluding hydrogens is 394 g/mol. The van der Waals surface area contributed by atoms with Gasteiger partial charge in [-0.1, -0.05) is 66.7 Å². The lowest BCUT2D eigenvalue weighted by Gasteiger charge is -2.11. The van der Waals surface area contributed by atoms with Crippen LogP contribution in [-0.4, -0.2) is 16.9 Å². The number of hydrogen-bond donors (Lipinski definition) is 3. The molecule has 0 bridgehead atoms. The van der Waals surface area contributed by atoms with Crippen LogP contribution >= 0.6 is 12.2 Å². The van der Waals surface area contributed by atoms with Crippen LogP contribution in [0, 0.1) is 0 Å². The van der Waals surface area contributed by atoms with Crippen LogP contribution in [0.15, 0.2) is 84.9 Å². The highest BCUT2D eigenvalue weighted by molar-refractivity contribution is 7.80. The minimum absolute atomic E-state index is 0.0604. The van der Waals surface area contributed by atoms with Crippen LogP contribution in [0.5, 0.6) is 0 Å². The molecule has 3 aromatic carbocycles. The number of hydrogen-bond acceptors (Lipinski definition) is 3. The summed E-state index contributed by atoms with van der Waals surface area (Å²) < 4.78 is 0. The number of benzene rings is 3. The van der Waals surface area contributed by atoms with Gasteiger partial charge in [0.05, 0.1) is 6.42 Å². The van der Waals surface area contributed by atoms with Crippen molar-refractivity contribution in [1.82, 2.24) is 5.32 Å². The standard InChI is InChI=1S/C24H23N3O2S/c28-22(15-14-18-8-3-1-4-9-18)25-20-12-7-13-21(17-20)26-24(30)27-23(29)16-19-10-5-2-6-11-19/h1-13,17H,14-16H2,(H,25,28)(H2,26,27,29,30). The first kappa shape index (κ1) is 21.2. The molecule has 6 heteroatoms. The Bertz CT molecular complexity index is 1010. The number of nitrogens with one attached hydrogen (secondary N) is 3. The molecule has 0 aromatic heterocycles. The zero-order chi connectivity index (χ0) is 21.2. The highest BCUT2D eigenvalue weighted by Gasteiger charge is 2.07. The Morgan fingerprint density at radius 1 is 0.700 bits per heavy atom. The third kappa shape index (κ3) is 7.14. The van der Waals surface area contributed by atoms with Gasteiger partial charge in [-0.2, -0.15) is 0 Å². The summed E-state index contributed by atoms with van der Waals surface area (Å²) in [7, 11) is 0. The molecule has 0 spiro atoms. The fourth-order valence-electron chi connectivity index (χ4n) is 2.92. The second-order valence-electron chi connectivity index (χ2n) is 6.78. The van der Waals surface area contributed by atoms with E-state index in [4.69, 9.17) is 12.2 Å². The van der Waals surface area contributed by atoms with E-state index in [1.165, 1.54) is 0 Å². The van der Waals surface area contributed by atoms with Crippen molar-refractivity contribution in [3.63, 3.8) is 0 Å². The van der Waals surface area contributed by atoms with E-state index in [2.05, 4.69) is 16.0 Å². The van der Waals surface area contributed by atoms with E-state index >= 15 is 0 Å². The molecule has 0 unspecified atom stereocenters. The third-order valence-electron chi connectivity index (χ3n) is 4.35. The molecule has 0 aliphatic rings. The Morgan fingerprint density at radius 2 is 1.30 bits per heavy atom. The van der Waals surface area contributed by atoms with Crippen molar-refractivity contribution >= 4 is 40.5 Å². The predicted molar refractivity (Wildman–Crippen MR) is 124 cm³/mol. The van der Waals surface area contributed by atoms with E-state index in [1.807, 2.05) is 78.9 Å². The Labute approximate surface area is 181 Å². The van der Waals surface area contributed by atoms with E-state index < -0.39 is 0 Å². The quantitative estimate of drug-likeness (QED) is 0.501. The molecule has 0 atom stereocenters. The molecule has 0 aliphatic carbocycles. The van der Waals surface area contributed by atoms with E-state index in [0.29, 0.717) is 24.2 Å². The molecule has 0 fully saturated rings. The van der Waals surface area contributed by atoms with Gasteiger partial charge >= 0.3 is 0 Å². The summed E-state index contributed by atoms with van der Waals surface area (Å²) in [6.45, 7) is 0. The molecule has 0 saturated carbocycles. The van der Waals surface area contributed by atoms with Gasteiger partial charge in [-0.25, -0.2) is 0 Å². The number of carbonyl (C=O) groups is 2. The average molecular weight is 418 g/mol. The van der Waals surface area contributed by atoms with Crippen molar-refractivity contribution in [1.29, 1.82) is 0 Å². The van der Waals surface area contributed by atoms with Gasteiger partial charge in [0.1, 0.15) is 0 Å². The summed E-state index contributed by atoms with van der Waals surface area (Å²) in [6.07, 6.45) is 1.33. The first-order valence-corrected chi connectivity index (χ1v) is 10.1. The van der Waals surface area contributed by atoms with Crippen molar-refractivity contribution in [3.05, 3.63) is 96.1 Å². The molecule has 3 N–H and O–H groups in total. The molecule has 3 rings (SSSR count). The van der Waals surface area contributed by atoms with Crippen LogP contribution in [0.1, 0.15) is 17.5 Å². The molecule has 3 aromatic rings. The second-order valence-corrected chi connectivity index (χ2v) is 7.19. The summed E-state index contributed by atoms with van der Waals surface area (Å²) in [5.41, 5.74) is 3.38. The van der Waals surface area contributed by atoms with E-state index in [0.717, 1.165) is 11.1 Å². The molecule has 0 aliphatic heterocycles. The Morgan fingerprint density at radius 3 is 1.97 bits per heavy atom. The molecule has 5 nitrogen and oxygen atoms in total. The minimum atomic E-state index is -0.191. The van der Waals surface area contributed by atoms with Gasteiger partial charge in [-0.3, -0.25) is 9.59 Å². The number of rotatable bonds is 7. The smallest absolute Gasteiger partial charge is 0.230 e. The molecule has 0 heterocycles. The third-order valence-corrected chi connectivity index (χ3v) is 4.55. The van der Waals surface area contributed by atoms with Gasteiger partial charge in [0, 0.05) is 17.8 Å². The lowest BCUT2D eigenvalue weighted by molar-refractivity contribution is -0.119. The number of anilines is 2. The highest BCUT2D eigenvalue weighted by atomic mass is 32.1. The maximum Gasteiger partial charge on any atom is 0.230 e. The highest BCUT2D eigenvalue weighted by Crippen LogP contribution is 2.16.